The molecule has 94 valence electrons. The zero-order chi connectivity index (χ0) is 12.5. The summed E-state index contributed by atoms with van der Waals surface area (Å²) < 4.78 is 13.3. The number of benzene rings is 1. The van der Waals surface area contributed by atoms with Crippen molar-refractivity contribution in [2.45, 2.75) is 32.6 Å². The summed E-state index contributed by atoms with van der Waals surface area (Å²) in [7, 11) is 0. The van der Waals surface area contributed by atoms with Crippen LogP contribution in [0.25, 0.3) is 0 Å². The Morgan fingerprint density at radius 3 is 2.76 bits per heavy atom. The minimum Gasteiger partial charge on any atom is -0.397 e. The average Bonchev–Trinajstić information content (AvgIpc) is 3.03. The molecule has 0 saturated heterocycles. The molecule has 1 aliphatic carbocycles. The number of rotatable bonds is 5. The Kier molecular flexibility index (Phi) is 3.48. The topological polar surface area (TPSA) is 38.0 Å². The quantitative estimate of drug-likeness (QED) is 0.780. The number of hydrogen-bond donors (Lipinski definition) is 2. The largest absolute Gasteiger partial charge is 0.397 e. The number of halogens is 2. The van der Waals surface area contributed by atoms with Gasteiger partial charge in [-0.3, -0.25) is 0 Å². The molecule has 1 aliphatic rings. The third-order valence-electron chi connectivity index (χ3n) is 3.48. The summed E-state index contributed by atoms with van der Waals surface area (Å²) >= 11 is 5.66. The fraction of sp³-hybridized carbons (Fsp3) is 0.538. The van der Waals surface area contributed by atoms with Crippen molar-refractivity contribution in [3.63, 3.8) is 0 Å². The Morgan fingerprint density at radius 2 is 2.18 bits per heavy atom. The van der Waals surface area contributed by atoms with Gasteiger partial charge in [-0.15, -0.1) is 0 Å². The van der Waals surface area contributed by atoms with Gasteiger partial charge in [0, 0.05) is 12.6 Å². The van der Waals surface area contributed by atoms with Crippen molar-refractivity contribution in [1.29, 1.82) is 0 Å². The van der Waals surface area contributed by atoms with Gasteiger partial charge in [0.1, 0.15) is 5.82 Å². The van der Waals surface area contributed by atoms with E-state index in [-0.39, 0.29) is 5.02 Å². The molecule has 1 aromatic rings. The first-order valence-electron chi connectivity index (χ1n) is 6.05. The number of nitrogens with two attached hydrogens (primary N) is 1. The lowest BCUT2D eigenvalue weighted by molar-refractivity contribution is 0.485. The summed E-state index contributed by atoms with van der Waals surface area (Å²) in [5, 5.41) is 3.32. The third-order valence-corrected chi connectivity index (χ3v) is 3.77. The molecule has 0 unspecified atom stereocenters. The van der Waals surface area contributed by atoms with E-state index in [0.29, 0.717) is 16.8 Å². The summed E-state index contributed by atoms with van der Waals surface area (Å²) in [4.78, 5) is 0. The second-order valence-electron chi connectivity index (χ2n) is 4.96. The van der Waals surface area contributed by atoms with Gasteiger partial charge >= 0.3 is 0 Å². The highest BCUT2D eigenvalue weighted by Gasteiger charge is 2.41. The van der Waals surface area contributed by atoms with E-state index in [9.17, 15) is 4.39 Å². The van der Waals surface area contributed by atoms with Gasteiger partial charge in [0.2, 0.25) is 0 Å². The number of hydrogen-bond acceptors (Lipinski definition) is 2. The molecular formula is C13H18ClFN2. The molecule has 0 heterocycles. The summed E-state index contributed by atoms with van der Waals surface area (Å²) in [5.41, 5.74) is 7.37. The van der Waals surface area contributed by atoms with E-state index in [1.165, 1.54) is 37.8 Å². The van der Waals surface area contributed by atoms with Crippen molar-refractivity contribution < 1.29 is 4.39 Å². The smallest absolute Gasteiger partial charge is 0.143 e. The zero-order valence-corrected chi connectivity index (χ0v) is 10.8. The number of nitrogens with one attached hydrogen (secondary N) is 1. The van der Waals surface area contributed by atoms with E-state index >= 15 is 0 Å². The molecule has 2 nitrogen and oxygen atoms in total. The Balaban J connectivity index is 2.02. The summed E-state index contributed by atoms with van der Waals surface area (Å²) in [6.45, 7) is 3.06. The van der Waals surface area contributed by atoms with E-state index in [2.05, 4.69) is 12.2 Å². The molecular weight excluding hydrogens is 239 g/mol. The molecule has 2 rings (SSSR count). The molecule has 1 fully saturated rings. The summed E-state index contributed by atoms with van der Waals surface area (Å²) in [6, 6.07) is 2.83. The maximum atomic E-state index is 13.3. The zero-order valence-electron chi connectivity index (χ0n) is 10.0. The number of nitrogen functional groups attached to an aromatic ring is 1. The molecule has 1 aromatic carbocycles. The predicted molar refractivity (Wildman–Crippen MR) is 70.9 cm³/mol. The van der Waals surface area contributed by atoms with E-state index in [1.54, 1.807) is 0 Å². The Morgan fingerprint density at radius 1 is 1.47 bits per heavy atom. The van der Waals surface area contributed by atoms with Gasteiger partial charge in [0.25, 0.3) is 0 Å². The first-order valence-corrected chi connectivity index (χ1v) is 6.42. The normalized spacial score (nSPS) is 16.9. The van der Waals surface area contributed by atoms with Crippen LogP contribution in [0, 0.1) is 11.2 Å². The predicted octanol–water partition coefficient (Wildman–Crippen LogP) is 4.05. The lowest BCUT2D eigenvalue weighted by Gasteiger charge is -2.17. The van der Waals surface area contributed by atoms with Crippen molar-refractivity contribution in [3.05, 3.63) is 23.0 Å². The molecule has 1 saturated carbocycles. The molecule has 0 radical (unpaired) electrons. The molecule has 0 spiro atoms. The Bertz CT molecular complexity index is 416. The van der Waals surface area contributed by atoms with Crippen LogP contribution in [0.5, 0.6) is 0 Å². The van der Waals surface area contributed by atoms with Crippen LogP contribution in [0.4, 0.5) is 15.8 Å². The maximum Gasteiger partial charge on any atom is 0.143 e. The first-order chi connectivity index (χ1) is 8.06. The van der Waals surface area contributed by atoms with Gasteiger partial charge in [-0.05, 0) is 30.7 Å². The fourth-order valence-electron chi connectivity index (χ4n) is 2.22. The van der Waals surface area contributed by atoms with Crippen LogP contribution in [0.3, 0.4) is 0 Å². The van der Waals surface area contributed by atoms with E-state index < -0.39 is 5.82 Å². The van der Waals surface area contributed by atoms with Gasteiger partial charge in [0.15, 0.2) is 0 Å². The highest BCUT2D eigenvalue weighted by Crippen LogP contribution is 2.49. The van der Waals surface area contributed by atoms with Crippen LogP contribution in [0.1, 0.15) is 32.6 Å². The summed E-state index contributed by atoms with van der Waals surface area (Å²) in [6.07, 6.45) is 4.91. The second-order valence-corrected chi connectivity index (χ2v) is 5.36. The number of anilines is 2. The lowest BCUT2D eigenvalue weighted by Crippen LogP contribution is -2.16. The molecule has 0 amide bonds. The maximum absolute atomic E-state index is 13.3. The van der Waals surface area contributed by atoms with Crippen molar-refractivity contribution >= 4 is 23.0 Å². The molecule has 4 heteroatoms. The van der Waals surface area contributed by atoms with Crippen molar-refractivity contribution in [2.24, 2.45) is 5.41 Å². The van der Waals surface area contributed by atoms with E-state index in [4.69, 9.17) is 17.3 Å². The molecule has 3 N–H and O–H groups in total. The lowest BCUT2D eigenvalue weighted by atomic mass is 10.0. The molecule has 17 heavy (non-hydrogen) atoms. The van der Waals surface area contributed by atoms with Crippen LogP contribution in [-0.2, 0) is 0 Å². The van der Waals surface area contributed by atoms with Crippen LogP contribution >= 0.6 is 11.6 Å². The Labute approximate surface area is 106 Å². The van der Waals surface area contributed by atoms with Crippen LogP contribution in [-0.4, -0.2) is 6.54 Å². The van der Waals surface area contributed by atoms with Crippen molar-refractivity contribution in [3.8, 4) is 0 Å². The average molecular weight is 257 g/mol. The van der Waals surface area contributed by atoms with Gasteiger partial charge in [0.05, 0.1) is 16.4 Å². The van der Waals surface area contributed by atoms with Gasteiger partial charge < -0.3 is 11.1 Å². The minimum atomic E-state index is -0.427. The van der Waals surface area contributed by atoms with E-state index in [0.717, 1.165) is 6.54 Å². The second kappa shape index (κ2) is 4.73. The van der Waals surface area contributed by atoms with Crippen LogP contribution in [0.15, 0.2) is 12.1 Å². The summed E-state index contributed by atoms with van der Waals surface area (Å²) in [5.74, 6) is -0.427. The van der Waals surface area contributed by atoms with Crippen molar-refractivity contribution in [2.75, 3.05) is 17.6 Å². The van der Waals surface area contributed by atoms with Crippen LogP contribution < -0.4 is 11.1 Å². The highest BCUT2D eigenvalue weighted by atomic mass is 35.5. The molecule has 0 aromatic heterocycles. The minimum absolute atomic E-state index is 0.0720. The fourth-order valence-corrected chi connectivity index (χ4v) is 2.39. The van der Waals surface area contributed by atoms with E-state index in [1.807, 2.05) is 0 Å². The third kappa shape index (κ3) is 2.83. The molecule has 0 bridgehead atoms. The highest BCUT2D eigenvalue weighted by molar-refractivity contribution is 6.31. The van der Waals surface area contributed by atoms with Gasteiger partial charge in [-0.1, -0.05) is 24.9 Å². The standard InChI is InChI=1S/C13H18ClFN2/c1-2-3-13(4-5-13)8-17-12-7-10(15)9(14)6-11(12)16/h6-7,17H,2-5,8,16H2,1H3. The van der Waals surface area contributed by atoms with Crippen LogP contribution in [0.2, 0.25) is 5.02 Å². The monoisotopic (exact) mass is 256 g/mol. The molecule has 0 aliphatic heterocycles. The van der Waals surface area contributed by atoms with Gasteiger partial charge in [-0.25, -0.2) is 4.39 Å². The first kappa shape index (κ1) is 12.5. The van der Waals surface area contributed by atoms with Crippen molar-refractivity contribution in [1.82, 2.24) is 0 Å². The van der Waals surface area contributed by atoms with Gasteiger partial charge in [-0.2, -0.15) is 0 Å². The molecule has 0 atom stereocenters. The SMILES string of the molecule is CCCC1(CNc2cc(F)c(Cl)cc2N)CC1. The Hall–Kier alpha value is -0.960.